The Balaban J connectivity index is 2.10. The zero-order valence-corrected chi connectivity index (χ0v) is 12.7. The summed E-state index contributed by atoms with van der Waals surface area (Å²) in [5, 5.41) is 0. The highest BCUT2D eigenvalue weighted by atomic mass is 16.2. The molecule has 118 valence electrons. The third-order valence-corrected chi connectivity index (χ3v) is 3.64. The molecule has 23 heavy (non-hydrogen) atoms. The van der Waals surface area contributed by atoms with Crippen LogP contribution < -0.4 is 11.2 Å². The summed E-state index contributed by atoms with van der Waals surface area (Å²) in [6.45, 7) is 2.17. The maximum Gasteiger partial charge on any atom is 0.330 e. The molecule has 1 N–H and O–H groups in total. The second-order valence-electron chi connectivity index (χ2n) is 5.39. The van der Waals surface area contributed by atoms with E-state index in [2.05, 4.69) is 9.97 Å². The van der Waals surface area contributed by atoms with Crippen molar-refractivity contribution in [3.63, 3.8) is 0 Å². The number of aromatic amines is 1. The van der Waals surface area contributed by atoms with Crippen LogP contribution in [0.1, 0.15) is 18.9 Å². The van der Waals surface area contributed by atoms with Gasteiger partial charge >= 0.3 is 5.69 Å². The van der Waals surface area contributed by atoms with E-state index in [-0.39, 0.29) is 5.78 Å². The van der Waals surface area contributed by atoms with E-state index in [1.807, 2.05) is 30.3 Å². The number of nitrogens with zero attached hydrogens (tertiary/aromatic N) is 3. The van der Waals surface area contributed by atoms with Crippen molar-refractivity contribution < 1.29 is 4.79 Å². The average Bonchev–Trinajstić information content (AvgIpc) is 2.95. The van der Waals surface area contributed by atoms with E-state index in [0.717, 1.165) is 5.56 Å². The van der Waals surface area contributed by atoms with Crippen LogP contribution in [0, 0.1) is 0 Å². The molecule has 3 rings (SSSR count). The minimum absolute atomic E-state index is 0.0286. The Labute approximate surface area is 131 Å². The minimum Gasteiger partial charge on any atom is -0.324 e. The maximum atomic E-state index is 12.1. The molecule has 0 aliphatic carbocycles. The van der Waals surface area contributed by atoms with Crippen LogP contribution in [-0.4, -0.2) is 24.9 Å². The number of hydrogen-bond acceptors (Lipinski definition) is 4. The first-order chi connectivity index (χ1) is 11.1. The number of fused-ring (bicyclic) bond motifs is 1. The summed E-state index contributed by atoms with van der Waals surface area (Å²) >= 11 is 0. The van der Waals surface area contributed by atoms with E-state index in [9.17, 15) is 14.4 Å². The van der Waals surface area contributed by atoms with Gasteiger partial charge in [0.25, 0.3) is 5.56 Å². The Morgan fingerprint density at radius 1 is 1.22 bits per heavy atom. The van der Waals surface area contributed by atoms with Gasteiger partial charge in [-0.25, -0.2) is 9.78 Å². The average molecular weight is 312 g/mol. The standard InChI is InChI=1S/C16H16N4O3/c1-11(21)7-8-19-10-17-14-13(19)15(22)18-16(23)20(14)9-12-5-3-2-4-6-12/h2-6,10H,7-9H2,1H3,(H,18,22,23). The highest BCUT2D eigenvalue weighted by molar-refractivity contribution is 5.76. The summed E-state index contributed by atoms with van der Waals surface area (Å²) in [6.07, 6.45) is 1.80. The van der Waals surface area contributed by atoms with Gasteiger partial charge in [0, 0.05) is 13.0 Å². The van der Waals surface area contributed by atoms with Crippen LogP contribution in [0.5, 0.6) is 0 Å². The summed E-state index contributed by atoms with van der Waals surface area (Å²) < 4.78 is 3.03. The van der Waals surface area contributed by atoms with Crippen LogP contribution in [0.3, 0.4) is 0 Å². The summed E-state index contributed by atoms with van der Waals surface area (Å²) in [7, 11) is 0. The fourth-order valence-corrected chi connectivity index (χ4v) is 2.48. The van der Waals surface area contributed by atoms with Crippen molar-refractivity contribution in [2.24, 2.45) is 0 Å². The molecule has 0 saturated heterocycles. The molecule has 0 aliphatic rings. The van der Waals surface area contributed by atoms with Crippen LogP contribution in [0.15, 0.2) is 46.2 Å². The van der Waals surface area contributed by atoms with E-state index in [4.69, 9.17) is 0 Å². The highest BCUT2D eigenvalue weighted by Crippen LogP contribution is 2.09. The Morgan fingerprint density at radius 2 is 1.96 bits per heavy atom. The van der Waals surface area contributed by atoms with E-state index in [1.54, 1.807) is 4.57 Å². The molecule has 0 spiro atoms. The number of aromatic nitrogens is 4. The molecule has 3 aromatic rings. The second kappa shape index (κ2) is 6.04. The highest BCUT2D eigenvalue weighted by Gasteiger charge is 2.14. The fraction of sp³-hybridized carbons (Fsp3) is 0.250. The van der Waals surface area contributed by atoms with Gasteiger partial charge in [0.05, 0.1) is 12.9 Å². The number of carbonyl (C=O) groups is 1. The first kappa shape index (κ1) is 15.0. The molecule has 2 heterocycles. The molecule has 0 fully saturated rings. The molecule has 7 nitrogen and oxygen atoms in total. The number of Topliss-reactive ketones (excluding diaryl/α,β-unsaturated/α-hetero) is 1. The molecule has 0 radical (unpaired) electrons. The van der Waals surface area contributed by atoms with Gasteiger partial charge in [-0.05, 0) is 12.5 Å². The van der Waals surface area contributed by atoms with E-state index < -0.39 is 11.2 Å². The number of aryl methyl sites for hydroxylation is 1. The largest absolute Gasteiger partial charge is 0.330 e. The third-order valence-electron chi connectivity index (χ3n) is 3.64. The number of H-pyrrole nitrogens is 1. The fourth-order valence-electron chi connectivity index (χ4n) is 2.48. The lowest BCUT2D eigenvalue weighted by Crippen LogP contribution is -2.31. The van der Waals surface area contributed by atoms with Crippen LogP contribution in [0.2, 0.25) is 0 Å². The van der Waals surface area contributed by atoms with E-state index in [1.165, 1.54) is 17.8 Å². The quantitative estimate of drug-likeness (QED) is 0.758. The molecule has 7 heteroatoms. The van der Waals surface area contributed by atoms with Crippen molar-refractivity contribution in [1.82, 2.24) is 19.1 Å². The lowest BCUT2D eigenvalue weighted by Gasteiger charge is -2.07. The van der Waals surface area contributed by atoms with Gasteiger partial charge in [-0.15, -0.1) is 0 Å². The van der Waals surface area contributed by atoms with Crippen molar-refractivity contribution in [3.8, 4) is 0 Å². The predicted octanol–water partition coefficient (Wildman–Crippen LogP) is 0.914. The van der Waals surface area contributed by atoms with Gasteiger partial charge in [0.2, 0.25) is 0 Å². The Bertz CT molecular complexity index is 966. The van der Waals surface area contributed by atoms with Crippen molar-refractivity contribution in [2.45, 2.75) is 26.4 Å². The van der Waals surface area contributed by atoms with Gasteiger partial charge in [0.1, 0.15) is 5.78 Å². The van der Waals surface area contributed by atoms with Crippen LogP contribution >= 0.6 is 0 Å². The smallest absolute Gasteiger partial charge is 0.324 e. The Kier molecular flexibility index (Phi) is 3.92. The normalized spacial score (nSPS) is 11.0. The molecule has 0 saturated carbocycles. The number of benzene rings is 1. The molecular weight excluding hydrogens is 296 g/mol. The molecule has 0 unspecified atom stereocenters. The lowest BCUT2D eigenvalue weighted by molar-refractivity contribution is -0.117. The zero-order valence-electron chi connectivity index (χ0n) is 12.7. The topological polar surface area (TPSA) is 89.8 Å². The third kappa shape index (κ3) is 2.98. The molecular formula is C16H16N4O3. The van der Waals surface area contributed by atoms with Crippen molar-refractivity contribution in [1.29, 1.82) is 0 Å². The van der Waals surface area contributed by atoms with Gasteiger partial charge in [-0.3, -0.25) is 19.1 Å². The van der Waals surface area contributed by atoms with Crippen molar-refractivity contribution in [2.75, 3.05) is 0 Å². The van der Waals surface area contributed by atoms with Crippen LogP contribution in [0.4, 0.5) is 0 Å². The number of ketones is 1. The van der Waals surface area contributed by atoms with Crippen LogP contribution in [-0.2, 0) is 17.9 Å². The lowest BCUT2D eigenvalue weighted by atomic mass is 10.2. The van der Waals surface area contributed by atoms with Crippen molar-refractivity contribution >= 4 is 16.9 Å². The van der Waals surface area contributed by atoms with E-state index in [0.29, 0.717) is 30.7 Å². The molecule has 0 amide bonds. The number of nitrogens with one attached hydrogen (secondary N) is 1. The van der Waals surface area contributed by atoms with E-state index >= 15 is 0 Å². The summed E-state index contributed by atoms with van der Waals surface area (Å²) in [4.78, 5) is 41.9. The minimum atomic E-state index is -0.497. The zero-order chi connectivity index (χ0) is 16.4. The van der Waals surface area contributed by atoms with Gasteiger partial charge in [-0.1, -0.05) is 30.3 Å². The molecule has 2 aromatic heterocycles. The van der Waals surface area contributed by atoms with Crippen LogP contribution in [0.25, 0.3) is 11.2 Å². The number of imidazole rings is 1. The number of carbonyl (C=O) groups excluding carboxylic acids is 1. The molecule has 0 atom stereocenters. The molecule has 0 aliphatic heterocycles. The Hall–Kier alpha value is -2.96. The van der Waals surface area contributed by atoms with Gasteiger partial charge in [-0.2, -0.15) is 0 Å². The summed E-state index contributed by atoms with van der Waals surface area (Å²) in [5.41, 5.74) is 0.577. The first-order valence-electron chi connectivity index (χ1n) is 7.27. The van der Waals surface area contributed by atoms with Gasteiger partial charge in [0.15, 0.2) is 11.2 Å². The number of hydrogen-bond donors (Lipinski definition) is 1. The Morgan fingerprint density at radius 3 is 2.65 bits per heavy atom. The predicted molar refractivity (Wildman–Crippen MR) is 85.5 cm³/mol. The summed E-state index contributed by atoms with van der Waals surface area (Å²) in [5.74, 6) is 0.0286. The SMILES string of the molecule is CC(=O)CCn1cnc2c1c(=O)[nH]c(=O)n2Cc1ccccc1. The maximum absolute atomic E-state index is 12.1. The monoisotopic (exact) mass is 312 g/mol. The van der Waals surface area contributed by atoms with Crippen molar-refractivity contribution in [3.05, 3.63) is 63.1 Å². The molecule has 1 aromatic carbocycles. The molecule has 0 bridgehead atoms. The number of rotatable bonds is 5. The second-order valence-corrected chi connectivity index (χ2v) is 5.39. The summed E-state index contributed by atoms with van der Waals surface area (Å²) in [6, 6.07) is 9.46. The van der Waals surface area contributed by atoms with Gasteiger partial charge < -0.3 is 4.57 Å². The first-order valence-corrected chi connectivity index (χ1v) is 7.27.